The summed E-state index contributed by atoms with van der Waals surface area (Å²) in [5, 5.41) is 14.3. The van der Waals surface area contributed by atoms with Gasteiger partial charge < -0.3 is 20.6 Å². The zero-order chi connectivity index (χ0) is 11.5. The first-order valence-corrected chi connectivity index (χ1v) is 5.68. The molecule has 2 aliphatic rings. The summed E-state index contributed by atoms with van der Waals surface area (Å²) in [6, 6.07) is -0.205. The fourth-order valence-electron chi connectivity index (χ4n) is 2.48. The molecular formula is C10H17N3O3. The highest BCUT2D eigenvalue weighted by molar-refractivity contribution is 5.77. The molecule has 2 rings (SSSR count). The molecule has 16 heavy (non-hydrogen) atoms. The van der Waals surface area contributed by atoms with Gasteiger partial charge in [-0.2, -0.15) is 0 Å². The SMILES string of the molecule is O=C(O)N[C@H]1CNC[C@H]1N1CCCCC1=O. The normalized spacial score (nSPS) is 30.5. The predicted molar refractivity (Wildman–Crippen MR) is 57.2 cm³/mol. The molecule has 0 saturated carbocycles. The van der Waals surface area contributed by atoms with Crippen molar-refractivity contribution in [2.75, 3.05) is 19.6 Å². The molecule has 3 N–H and O–H groups in total. The van der Waals surface area contributed by atoms with E-state index in [0.717, 1.165) is 19.4 Å². The molecule has 0 aliphatic carbocycles. The van der Waals surface area contributed by atoms with Crippen LogP contribution in [0.2, 0.25) is 0 Å². The number of piperidine rings is 1. The van der Waals surface area contributed by atoms with Gasteiger partial charge in [0.15, 0.2) is 0 Å². The number of nitrogens with one attached hydrogen (secondary N) is 2. The number of hydrogen-bond acceptors (Lipinski definition) is 3. The van der Waals surface area contributed by atoms with Crippen molar-refractivity contribution in [2.45, 2.75) is 31.3 Å². The van der Waals surface area contributed by atoms with Gasteiger partial charge in [-0.25, -0.2) is 4.79 Å². The minimum Gasteiger partial charge on any atom is -0.465 e. The predicted octanol–water partition coefficient (Wildman–Crippen LogP) is -0.393. The van der Waals surface area contributed by atoms with Crippen LogP contribution in [0.1, 0.15) is 19.3 Å². The lowest BCUT2D eigenvalue weighted by Gasteiger charge is -2.35. The van der Waals surface area contributed by atoms with E-state index >= 15 is 0 Å². The number of amides is 2. The van der Waals surface area contributed by atoms with Crippen molar-refractivity contribution in [1.82, 2.24) is 15.5 Å². The number of rotatable bonds is 2. The fourth-order valence-corrected chi connectivity index (χ4v) is 2.48. The lowest BCUT2D eigenvalue weighted by atomic mass is 10.0. The zero-order valence-electron chi connectivity index (χ0n) is 9.11. The summed E-state index contributed by atoms with van der Waals surface area (Å²) in [6.07, 6.45) is 1.54. The molecule has 0 radical (unpaired) electrons. The van der Waals surface area contributed by atoms with E-state index in [9.17, 15) is 9.59 Å². The van der Waals surface area contributed by atoms with Crippen molar-refractivity contribution in [3.63, 3.8) is 0 Å². The third-order valence-corrected chi connectivity index (χ3v) is 3.25. The molecule has 0 unspecified atom stereocenters. The minimum atomic E-state index is -1.02. The van der Waals surface area contributed by atoms with Crippen LogP contribution < -0.4 is 10.6 Å². The maximum atomic E-state index is 11.7. The Kier molecular flexibility index (Phi) is 3.28. The lowest BCUT2D eigenvalue weighted by molar-refractivity contribution is -0.135. The average molecular weight is 227 g/mol. The monoisotopic (exact) mass is 227 g/mol. The van der Waals surface area contributed by atoms with Gasteiger partial charge in [0.05, 0.1) is 12.1 Å². The Labute approximate surface area is 94.0 Å². The molecule has 2 saturated heterocycles. The van der Waals surface area contributed by atoms with E-state index in [4.69, 9.17) is 5.11 Å². The van der Waals surface area contributed by atoms with Crippen molar-refractivity contribution in [3.8, 4) is 0 Å². The van der Waals surface area contributed by atoms with Crippen LogP contribution in [0, 0.1) is 0 Å². The van der Waals surface area contributed by atoms with Gasteiger partial charge in [0.2, 0.25) is 5.91 Å². The topological polar surface area (TPSA) is 81.7 Å². The molecule has 0 spiro atoms. The Morgan fingerprint density at radius 3 is 2.94 bits per heavy atom. The van der Waals surface area contributed by atoms with Crippen LogP contribution in [0.25, 0.3) is 0 Å². The summed E-state index contributed by atoms with van der Waals surface area (Å²) in [6.45, 7) is 2.03. The summed E-state index contributed by atoms with van der Waals surface area (Å²) in [4.78, 5) is 24.2. The smallest absolute Gasteiger partial charge is 0.404 e. The van der Waals surface area contributed by atoms with Gasteiger partial charge >= 0.3 is 6.09 Å². The highest BCUT2D eigenvalue weighted by Gasteiger charge is 2.36. The highest BCUT2D eigenvalue weighted by atomic mass is 16.4. The lowest BCUT2D eigenvalue weighted by Crippen LogP contribution is -2.54. The third-order valence-electron chi connectivity index (χ3n) is 3.25. The van der Waals surface area contributed by atoms with Gasteiger partial charge in [-0.1, -0.05) is 0 Å². The Bertz CT molecular complexity index is 295. The van der Waals surface area contributed by atoms with Crippen LogP contribution in [0.15, 0.2) is 0 Å². The second kappa shape index (κ2) is 4.69. The summed E-state index contributed by atoms with van der Waals surface area (Å²) < 4.78 is 0. The summed E-state index contributed by atoms with van der Waals surface area (Å²) in [5.41, 5.74) is 0. The number of likely N-dealkylation sites (tertiary alicyclic amines) is 1. The van der Waals surface area contributed by atoms with Gasteiger partial charge in [-0.05, 0) is 12.8 Å². The van der Waals surface area contributed by atoms with Crippen LogP contribution in [0.3, 0.4) is 0 Å². The van der Waals surface area contributed by atoms with E-state index in [1.807, 2.05) is 4.90 Å². The second-order valence-electron chi connectivity index (χ2n) is 4.33. The van der Waals surface area contributed by atoms with E-state index in [2.05, 4.69) is 10.6 Å². The van der Waals surface area contributed by atoms with Crippen molar-refractivity contribution in [2.24, 2.45) is 0 Å². The van der Waals surface area contributed by atoms with Crippen LogP contribution in [0.4, 0.5) is 4.79 Å². The Morgan fingerprint density at radius 2 is 2.25 bits per heavy atom. The number of carboxylic acid groups (broad SMARTS) is 1. The molecule has 2 aliphatic heterocycles. The van der Waals surface area contributed by atoms with Crippen LogP contribution in [-0.2, 0) is 4.79 Å². The Hall–Kier alpha value is -1.30. The van der Waals surface area contributed by atoms with Gasteiger partial charge in [-0.15, -0.1) is 0 Å². The van der Waals surface area contributed by atoms with Crippen LogP contribution >= 0.6 is 0 Å². The molecule has 6 nitrogen and oxygen atoms in total. The number of carbonyl (C=O) groups is 2. The van der Waals surface area contributed by atoms with Gasteiger partial charge in [0.1, 0.15) is 0 Å². The van der Waals surface area contributed by atoms with E-state index < -0.39 is 6.09 Å². The first kappa shape index (κ1) is 11.2. The maximum absolute atomic E-state index is 11.7. The molecule has 90 valence electrons. The number of carbonyl (C=O) groups excluding carboxylic acids is 1. The van der Waals surface area contributed by atoms with Crippen molar-refractivity contribution in [1.29, 1.82) is 0 Å². The molecular weight excluding hydrogens is 210 g/mol. The standard InChI is InChI=1S/C10H17N3O3/c14-9-3-1-2-4-13(9)8-6-11-5-7(8)12-10(15)16/h7-8,11-12H,1-6H2,(H,15,16)/t7-,8+/m0/s1. The minimum absolute atomic E-state index is 0.0242. The zero-order valence-corrected chi connectivity index (χ0v) is 9.11. The second-order valence-corrected chi connectivity index (χ2v) is 4.33. The van der Waals surface area contributed by atoms with Gasteiger partial charge in [0.25, 0.3) is 0 Å². The molecule has 0 aromatic carbocycles. The van der Waals surface area contributed by atoms with Crippen LogP contribution in [0.5, 0.6) is 0 Å². The molecule has 2 fully saturated rings. The van der Waals surface area contributed by atoms with E-state index in [1.54, 1.807) is 0 Å². The summed E-state index contributed by atoms with van der Waals surface area (Å²) in [5.74, 6) is 0.150. The van der Waals surface area contributed by atoms with Crippen molar-refractivity contribution < 1.29 is 14.7 Å². The molecule has 0 aromatic heterocycles. The number of nitrogens with zero attached hydrogens (tertiary/aromatic N) is 1. The molecule has 0 aromatic rings. The number of hydrogen-bond donors (Lipinski definition) is 3. The average Bonchev–Trinajstić information content (AvgIpc) is 2.66. The summed E-state index contributed by atoms with van der Waals surface area (Å²) >= 11 is 0. The van der Waals surface area contributed by atoms with Crippen LogP contribution in [-0.4, -0.2) is 53.7 Å². The molecule has 6 heteroatoms. The van der Waals surface area contributed by atoms with E-state index in [1.165, 1.54) is 0 Å². The first-order chi connectivity index (χ1) is 7.68. The quantitative estimate of drug-likeness (QED) is 0.600. The molecule has 2 atom stereocenters. The highest BCUT2D eigenvalue weighted by Crippen LogP contribution is 2.17. The fraction of sp³-hybridized carbons (Fsp3) is 0.800. The molecule has 2 heterocycles. The third kappa shape index (κ3) is 2.27. The summed E-state index contributed by atoms with van der Waals surface area (Å²) in [7, 11) is 0. The Morgan fingerprint density at radius 1 is 1.44 bits per heavy atom. The van der Waals surface area contributed by atoms with Gasteiger partial charge in [-0.3, -0.25) is 4.79 Å². The molecule has 0 bridgehead atoms. The maximum Gasteiger partial charge on any atom is 0.404 e. The molecule has 2 amide bonds. The van der Waals surface area contributed by atoms with Crippen molar-refractivity contribution in [3.05, 3.63) is 0 Å². The van der Waals surface area contributed by atoms with E-state index in [-0.39, 0.29) is 18.0 Å². The Balaban J connectivity index is 2.00. The van der Waals surface area contributed by atoms with Crippen molar-refractivity contribution >= 4 is 12.0 Å². The first-order valence-electron chi connectivity index (χ1n) is 5.68. The van der Waals surface area contributed by atoms with E-state index in [0.29, 0.717) is 19.5 Å². The largest absolute Gasteiger partial charge is 0.465 e. The van der Waals surface area contributed by atoms with Gasteiger partial charge in [0, 0.05) is 26.1 Å².